The van der Waals surface area contributed by atoms with E-state index in [1.165, 1.54) is 0 Å². The molecule has 1 aromatic heterocycles. The Bertz CT molecular complexity index is 752. The SMILES string of the molecule is CSCc1nc2ccccc2n1CC(=O)NCC1(C(=O)O)CC1. The molecule has 0 saturated heterocycles. The highest BCUT2D eigenvalue weighted by molar-refractivity contribution is 7.97. The molecule has 1 heterocycles. The molecular formula is C16H19N3O3S. The van der Waals surface area contributed by atoms with E-state index in [1.807, 2.05) is 35.1 Å². The normalized spacial score (nSPS) is 15.5. The van der Waals surface area contributed by atoms with Crippen LogP contribution in [0.3, 0.4) is 0 Å². The maximum absolute atomic E-state index is 12.2. The summed E-state index contributed by atoms with van der Waals surface area (Å²) >= 11 is 1.65. The highest BCUT2D eigenvalue weighted by atomic mass is 32.2. The second-order valence-electron chi connectivity index (χ2n) is 5.90. The number of rotatable bonds is 7. The van der Waals surface area contributed by atoms with Crippen molar-refractivity contribution < 1.29 is 14.7 Å². The molecule has 0 spiro atoms. The number of nitrogens with one attached hydrogen (secondary N) is 1. The van der Waals surface area contributed by atoms with Gasteiger partial charge in [-0.2, -0.15) is 11.8 Å². The van der Waals surface area contributed by atoms with Crippen LogP contribution in [-0.4, -0.2) is 39.3 Å². The molecule has 1 saturated carbocycles. The van der Waals surface area contributed by atoms with Gasteiger partial charge in [-0.15, -0.1) is 0 Å². The minimum Gasteiger partial charge on any atom is -0.481 e. The predicted molar refractivity (Wildman–Crippen MR) is 89.3 cm³/mol. The van der Waals surface area contributed by atoms with Gasteiger partial charge in [0.05, 0.1) is 22.2 Å². The first-order valence-electron chi connectivity index (χ1n) is 7.49. The largest absolute Gasteiger partial charge is 0.481 e. The average molecular weight is 333 g/mol. The van der Waals surface area contributed by atoms with Gasteiger partial charge in [-0.25, -0.2) is 4.98 Å². The van der Waals surface area contributed by atoms with Crippen molar-refractivity contribution in [2.45, 2.75) is 25.1 Å². The second-order valence-corrected chi connectivity index (χ2v) is 6.76. The minimum absolute atomic E-state index is 0.159. The van der Waals surface area contributed by atoms with E-state index < -0.39 is 11.4 Å². The lowest BCUT2D eigenvalue weighted by Crippen LogP contribution is -2.36. The third kappa shape index (κ3) is 3.19. The van der Waals surface area contributed by atoms with Crippen LogP contribution in [0.1, 0.15) is 18.7 Å². The molecule has 23 heavy (non-hydrogen) atoms. The number of nitrogens with zero attached hydrogens (tertiary/aromatic N) is 2. The first kappa shape index (κ1) is 15.9. The monoisotopic (exact) mass is 333 g/mol. The van der Waals surface area contributed by atoms with Crippen molar-refractivity contribution in [2.75, 3.05) is 12.8 Å². The molecule has 122 valence electrons. The molecule has 0 atom stereocenters. The van der Waals surface area contributed by atoms with Crippen LogP contribution in [0, 0.1) is 5.41 Å². The molecule has 1 aliphatic carbocycles. The van der Waals surface area contributed by atoms with Crippen LogP contribution in [0.25, 0.3) is 11.0 Å². The van der Waals surface area contributed by atoms with Crippen LogP contribution < -0.4 is 5.32 Å². The van der Waals surface area contributed by atoms with Crippen molar-refractivity contribution in [3.05, 3.63) is 30.1 Å². The Labute approximate surface area is 138 Å². The number of carboxylic acids is 1. The summed E-state index contributed by atoms with van der Waals surface area (Å²) in [6.45, 7) is 0.359. The Kier molecular flexibility index (Phi) is 4.30. The predicted octanol–water partition coefficient (Wildman–Crippen LogP) is 1.88. The Morgan fingerprint density at radius 2 is 2.13 bits per heavy atom. The number of para-hydroxylation sites is 2. The summed E-state index contributed by atoms with van der Waals surface area (Å²) in [4.78, 5) is 28.0. The number of hydrogen-bond donors (Lipinski definition) is 2. The van der Waals surface area contributed by atoms with E-state index >= 15 is 0 Å². The fourth-order valence-electron chi connectivity index (χ4n) is 2.63. The van der Waals surface area contributed by atoms with Gasteiger partial charge in [-0.1, -0.05) is 12.1 Å². The summed E-state index contributed by atoms with van der Waals surface area (Å²) < 4.78 is 1.90. The van der Waals surface area contributed by atoms with Crippen LogP contribution >= 0.6 is 11.8 Å². The van der Waals surface area contributed by atoms with E-state index in [2.05, 4.69) is 10.3 Å². The van der Waals surface area contributed by atoms with Gasteiger partial charge in [-0.05, 0) is 31.2 Å². The van der Waals surface area contributed by atoms with Gasteiger partial charge < -0.3 is 15.0 Å². The average Bonchev–Trinajstić information content (AvgIpc) is 3.26. The van der Waals surface area contributed by atoms with Crippen molar-refractivity contribution in [2.24, 2.45) is 5.41 Å². The van der Waals surface area contributed by atoms with Crippen LogP contribution in [-0.2, 0) is 21.9 Å². The molecule has 0 unspecified atom stereocenters. The highest BCUT2D eigenvalue weighted by Gasteiger charge is 2.50. The van der Waals surface area contributed by atoms with E-state index in [4.69, 9.17) is 5.11 Å². The molecule has 0 bridgehead atoms. The molecular weight excluding hydrogens is 314 g/mol. The van der Waals surface area contributed by atoms with E-state index in [1.54, 1.807) is 11.8 Å². The summed E-state index contributed by atoms with van der Waals surface area (Å²) in [6, 6.07) is 7.72. The molecule has 1 aromatic carbocycles. The zero-order valence-electron chi connectivity index (χ0n) is 12.9. The number of fused-ring (bicyclic) bond motifs is 1. The van der Waals surface area contributed by atoms with Gasteiger partial charge >= 0.3 is 5.97 Å². The molecule has 2 aromatic rings. The number of carbonyl (C=O) groups excluding carboxylic acids is 1. The number of carbonyl (C=O) groups is 2. The van der Waals surface area contributed by atoms with Gasteiger partial charge in [0.2, 0.25) is 5.91 Å². The third-order valence-corrected chi connectivity index (χ3v) is 4.79. The van der Waals surface area contributed by atoms with Crippen LogP contribution in [0.5, 0.6) is 0 Å². The van der Waals surface area contributed by atoms with Crippen molar-refractivity contribution >= 4 is 34.7 Å². The van der Waals surface area contributed by atoms with Gasteiger partial charge in [0.1, 0.15) is 12.4 Å². The highest BCUT2D eigenvalue weighted by Crippen LogP contribution is 2.45. The lowest BCUT2D eigenvalue weighted by Gasteiger charge is -2.13. The fourth-order valence-corrected chi connectivity index (χ4v) is 3.10. The van der Waals surface area contributed by atoms with Crippen molar-refractivity contribution in [1.29, 1.82) is 0 Å². The summed E-state index contributed by atoms with van der Waals surface area (Å²) in [6.07, 6.45) is 3.26. The summed E-state index contributed by atoms with van der Waals surface area (Å²) in [5, 5.41) is 11.9. The molecule has 1 fully saturated rings. The number of carboxylic acid groups (broad SMARTS) is 1. The smallest absolute Gasteiger partial charge is 0.311 e. The van der Waals surface area contributed by atoms with E-state index in [0.29, 0.717) is 12.8 Å². The number of aliphatic carboxylic acids is 1. The standard InChI is InChI=1S/C16H19N3O3S/c1-23-9-13-18-11-4-2-3-5-12(11)19(13)8-14(20)17-10-16(6-7-16)15(21)22/h2-5H,6-10H2,1H3,(H,17,20)(H,21,22). The Morgan fingerprint density at radius 1 is 1.39 bits per heavy atom. The summed E-state index contributed by atoms with van der Waals surface area (Å²) in [5.41, 5.74) is 1.05. The number of imidazole rings is 1. The van der Waals surface area contributed by atoms with E-state index in [-0.39, 0.29) is 19.0 Å². The lowest BCUT2D eigenvalue weighted by atomic mass is 10.1. The number of amides is 1. The number of hydrogen-bond acceptors (Lipinski definition) is 4. The van der Waals surface area contributed by atoms with Gasteiger partial charge in [0, 0.05) is 6.54 Å². The van der Waals surface area contributed by atoms with E-state index in [0.717, 1.165) is 22.6 Å². The Balaban J connectivity index is 1.74. The molecule has 0 radical (unpaired) electrons. The molecule has 1 amide bonds. The van der Waals surface area contributed by atoms with Crippen LogP contribution in [0.15, 0.2) is 24.3 Å². The fraction of sp³-hybridized carbons (Fsp3) is 0.438. The first-order chi connectivity index (χ1) is 11.1. The number of thioether (sulfide) groups is 1. The van der Waals surface area contributed by atoms with Crippen molar-refractivity contribution in [3.63, 3.8) is 0 Å². The zero-order valence-corrected chi connectivity index (χ0v) is 13.7. The van der Waals surface area contributed by atoms with Gasteiger partial charge in [0.25, 0.3) is 0 Å². The van der Waals surface area contributed by atoms with Crippen LogP contribution in [0.2, 0.25) is 0 Å². The molecule has 6 nitrogen and oxygen atoms in total. The Hall–Kier alpha value is -2.02. The summed E-state index contributed by atoms with van der Waals surface area (Å²) in [7, 11) is 0. The maximum Gasteiger partial charge on any atom is 0.311 e. The second kappa shape index (κ2) is 6.23. The molecule has 7 heteroatoms. The lowest BCUT2D eigenvalue weighted by molar-refractivity contribution is -0.143. The molecule has 3 rings (SSSR count). The Morgan fingerprint density at radius 3 is 2.78 bits per heavy atom. The number of benzene rings is 1. The van der Waals surface area contributed by atoms with Crippen molar-refractivity contribution in [1.82, 2.24) is 14.9 Å². The molecule has 1 aliphatic rings. The topological polar surface area (TPSA) is 84.2 Å². The number of aromatic nitrogens is 2. The quantitative estimate of drug-likeness (QED) is 0.808. The third-order valence-electron chi connectivity index (χ3n) is 4.24. The first-order valence-corrected chi connectivity index (χ1v) is 8.88. The van der Waals surface area contributed by atoms with Gasteiger partial charge in [-0.3, -0.25) is 9.59 Å². The molecule has 2 N–H and O–H groups in total. The molecule has 0 aliphatic heterocycles. The minimum atomic E-state index is -0.825. The summed E-state index contributed by atoms with van der Waals surface area (Å²) in [5.74, 6) is 0.575. The van der Waals surface area contributed by atoms with Crippen molar-refractivity contribution in [3.8, 4) is 0 Å². The van der Waals surface area contributed by atoms with E-state index in [9.17, 15) is 9.59 Å². The van der Waals surface area contributed by atoms with Gasteiger partial charge in [0.15, 0.2) is 0 Å². The van der Waals surface area contributed by atoms with Crippen LogP contribution in [0.4, 0.5) is 0 Å². The maximum atomic E-state index is 12.2. The zero-order chi connectivity index (χ0) is 16.4.